The molecular formula is C24H33N7O. The molecule has 5 rings (SSSR count). The second-order valence-electron chi connectivity index (χ2n) is 9.24. The molecule has 2 fully saturated rings. The normalized spacial score (nSPS) is 23.4. The Morgan fingerprint density at radius 1 is 1.12 bits per heavy atom. The van der Waals surface area contributed by atoms with Gasteiger partial charge in [-0.3, -0.25) is 0 Å². The fourth-order valence-electron chi connectivity index (χ4n) is 5.08. The van der Waals surface area contributed by atoms with E-state index in [2.05, 4.69) is 75.7 Å². The molecule has 1 unspecified atom stereocenters. The van der Waals surface area contributed by atoms with Crippen LogP contribution in [0.5, 0.6) is 0 Å². The van der Waals surface area contributed by atoms with Crippen LogP contribution in [0, 0.1) is 0 Å². The third kappa shape index (κ3) is 4.29. The molecule has 0 bridgehead atoms. The van der Waals surface area contributed by atoms with Gasteiger partial charge >= 0.3 is 0 Å². The van der Waals surface area contributed by atoms with Crippen LogP contribution in [0.3, 0.4) is 0 Å². The van der Waals surface area contributed by atoms with Gasteiger partial charge in [0.2, 0.25) is 0 Å². The molecule has 0 aromatic carbocycles. The Bertz CT molecular complexity index is 1050. The van der Waals surface area contributed by atoms with E-state index >= 15 is 0 Å². The Morgan fingerprint density at radius 2 is 1.91 bits per heavy atom. The fraction of sp³-hybridized carbons (Fsp3) is 0.542. The van der Waals surface area contributed by atoms with Crippen LogP contribution >= 0.6 is 0 Å². The molecule has 0 aliphatic carbocycles. The average molecular weight is 436 g/mol. The Balaban J connectivity index is 1.39. The lowest BCUT2D eigenvalue weighted by Gasteiger charge is -2.37. The molecule has 32 heavy (non-hydrogen) atoms. The lowest BCUT2D eigenvalue weighted by molar-refractivity contribution is 0.0856. The van der Waals surface area contributed by atoms with Crippen molar-refractivity contribution >= 4 is 22.7 Å². The number of anilines is 2. The van der Waals surface area contributed by atoms with Crippen LogP contribution in [0.15, 0.2) is 30.7 Å². The highest BCUT2D eigenvalue weighted by atomic mass is 16.5. The summed E-state index contributed by atoms with van der Waals surface area (Å²) in [6, 6.07) is 7.22. The van der Waals surface area contributed by atoms with E-state index in [9.17, 15) is 0 Å². The maximum atomic E-state index is 5.56. The highest BCUT2D eigenvalue weighted by molar-refractivity contribution is 5.91. The highest BCUT2D eigenvalue weighted by Crippen LogP contribution is 2.35. The fourth-order valence-corrected chi connectivity index (χ4v) is 5.08. The topological polar surface area (TPSA) is 91.0 Å². The number of piperazine rings is 1. The van der Waals surface area contributed by atoms with Gasteiger partial charge in [0.15, 0.2) is 0 Å². The zero-order chi connectivity index (χ0) is 22.1. The van der Waals surface area contributed by atoms with E-state index in [1.165, 1.54) is 5.56 Å². The maximum absolute atomic E-state index is 5.56. The van der Waals surface area contributed by atoms with Gasteiger partial charge in [-0.25, -0.2) is 15.0 Å². The Morgan fingerprint density at radius 3 is 2.69 bits per heavy atom. The van der Waals surface area contributed by atoms with E-state index in [1.807, 2.05) is 0 Å². The van der Waals surface area contributed by atoms with Gasteiger partial charge in [0, 0.05) is 44.6 Å². The predicted molar refractivity (Wildman–Crippen MR) is 127 cm³/mol. The summed E-state index contributed by atoms with van der Waals surface area (Å²) in [5, 5.41) is 8.30. The monoisotopic (exact) mass is 435 g/mol. The van der Waals surface area contributed by atoms with Crippen molar-refractivity contribution in [2.24, 2.45) is 0 Å². The first-order chi connectivity index (χ1) is 15.6. The van der Waals surface area contributed by atoms with Crippen LogP contribution in [0.4, 0.5) is 11.6 Å². The summed E-state index contributed by atoms with van der Waals surface area (Å²) in [5.41, 5.74) is 3.17. The molecule has 3 aromatic rings. The van der Waals surface area contributed by atoms with Crippen molar-refractivity contribution < 1.29 is 4.74 Å². The smallest absolute Gasteiger partial charge is 0.143 e. The van der Waals surface area contributed by atoms with E-state index in [1.54, 1.807) is 6.33 Å². The number of nitrogens with zero attached hydrogens (tertiary/aromatic N) is 4. The Kier molecular flexibility index (Phi) is 5.97. The minimum Gasteiger partial charge on any atom is -0.381 e. The number of H-pyrrole nitrogens is 1. The van der Waals surface area contributed by atoms with Crippen molar-refractivity contribution in [1.29, 1.82) is 0 Å². The van der Waals surface area contributed by atoms with E-state index < -0.39 is 0 Å². The molecule has 0 spiro atoms. The number of aromatic amines is 1. The van der Waals surface area contributed by atoms with Crippen molar-refractivity contribution in [3.63, 3.8) is 0 Å². The van der Waals surface area contributed by atoms with Crippen molar-refractivity contribution in [1.82, 2.24) is 25.3 Å². The minimum atomic E-state index is 0.0169. The number of hydrogen-bond donors (Lipinski definition) is 3. The quantitative estimate of drug-likeness (QED) is 0.564. The molecule has 3 aromatic heterocycles. The number of pyridine rings is 1. The number of aromatic nitrogens is 4. The van der Waals surface area contributed by atoms with Gasteiger partial charge in [0.25, 0.3) is 0 Å². The number of nitrogens with one attached hydrogen (secondary N) is 3. The van der Waals surface area contributed by atoms with E-state index in [0.717, 1.165) is 67.5 Å². The number of ether oxygens (including phenoxy) is 1. The summed E-state index contributed by atoms with van der Waals surface area (Å²) in [7, 11) is 0. The summed E-state index contributed by atoms with van der Waals surface area (Å²) in [5.74, 6) is 2.37. The summed E-state index contributed by atoms with van der Waals surface area (Å²) in [4.78, 5) is 19.8. The second-order valence-corrected chi connectivity index (χ2v) is 9.24. The minimum absolute atomic E-state index is 0.0169. The van der Waals surface area contributed by atoms with Crippen LogP contribution in [-0.2, 0) is 4.74 Å². The van der Waals surface area contributed by atoms with Gasteiger partial charge < -0.3 is 25.3 Å². The van der Waals surface area contributed by atoms with Gasteiger partial charge in [-0.2, -0.15) is 0 Å². The van der Waals surface area contributed by atoms with Gasteiger partial charge in [-0.15, -0.1) is 0 Å². The molecule has 8 heteroatoms. The number of fused-ring (bicyclic) bond motifs is 1. The molecule has 3 atom stereocenters. The van der Waals surface area contributed by atoms with Crippen LogP contribution in [0.25, 0.3) is 11.0 Å². The Labute approximate surface area is 189 Å². The lowest BCUT2D eigenvalue weighted by atomic mass is 9.92. The average Bonchev–Trinajstić information content (AvgIpc) is 3.24. The highest BCUT2D eigenvalue weighted by Gasteiger charge is 2.24. The zero-order valence-electron chi connectivity index (χ0n) is 19.1. The van der Waals surface area contributed by atoms with E-state index in [-0.39, 0.29) is 6.04 Å². The molecule has 170 valence electrons. The lowest BCUT2D eigenvalue weighted by Crippen LogP contribution is -2.54. The van der Waals surface area contributed by atoms with Gasteiger partial charge in [-0.1, -0.05) is 6.07 Å². The Hall–Kier alpha value is -2.71. The molecule has 2 aliphatic rings. The first-order valence-electron chi connectivity index (χ1n) is 11.7. The summed E-state index contributed by atoms with van der Waals surface area (Å²) in [6.07, 6.45) is 5.77. The SMILES string of the molecule is CC(Nc1ncnc2[nH]cc(C3CCOCC3)c12)c1cccc(N2C[C@@H](C)N[C@@H](C)C2)n1. The first kappa shape index (κ1) is 21.2. The zero-order valence-corrected chi connectivity index (χ0v) is 19.1. The summed E-state index contributed by atoms with van der Waals surface area (Å²) in [6.45, 7) is 10.1. The van der Waals surface area contributed by atoms with Crippen LogP contribution in [0.1, 0.15) is 56.8 Å². The molecule has 5 heterocycles. The number of rotatable bonds is 5. The van der Waals surface area contributed by atoms with Crippen molar-refractivity contribution in [3.8, 4) is 0 Å². The molecule has 8 nitrogen and oxygen atoms in total. The van der Waals surface area contributed by atoms with Crippen molar-refractivity contribution in [2.45, 2.75) is 57.7 Å². The van der Waals surface area contributed by atoms with Crippen LogP contribution in [-0.4, -0.2) is 58.3 Å². The molecule has 0 saturated carbocycles. The van der Waals surface area contributed by atoms with Crippen molar-refractivity contribution in [3.05, 3.63) is 42.0 Å². The standard InChI is InChI=1S/C24H33N7O/c1-15-12-31(13-16(2)28-15)21-6-4-5-20(30-21)17(3)29-24-22-19(18-7-9-32-10-8-18)11-25-23(22)26-14-27-24/h4-6,11,14-18,28H,7-10,12-13H2,1-3H3,(H2,25,26,27,29)/t15-,16+,17?. The third-order valence-corrected chi connectivity index (χ3v) is 6.60. The molecule has 2 aliphatic heterocycles. The van der Waals surface area contributed by atoms with E-state index in [4.69, 9.17) is 9.72 Å². The molecule has 0 radical (unpaired) electrons. The summed E-state index contributed by atoms with van der Waals surface area (Å²) >= 11 is 0. The largest absolute Gasteiger partial charge is 0.381 e. The molecular weight excluding hydrogens is 402 g/mol. The number of hydrogen-bond acceptors (Lipinski definition) is 7. The van der Waals surface area contributed by atoms with E-state index in [0.29, 0.717) is 18.0 Å². The first-order valence-corrected chi connectivity index (χ1v) is 11.7. The second kappa shape index (κ2) is 9.03. The maximum Gasteiger partial charge on any atom is 0.143 e. The molecule has 0 amide bonds. The molecule has 3 N–H and O–H groups in total. The van der Waals surface area contributed by atoms with Crippen LogP contribution in [0.2, 0.25) is 0 Å². The van der Waals surface area contributed by atoms with Gasteiger partial charge in [-0.05, 0) is 57.2 Å². The van der Waals surface area contributed by atoms with Crippen LogP contribution < -0.4 is 15.5 Å². The van der Waals surface area contributed by atoms with Gasteiger partial charge in [0.05, 0.1) is 17.1 Å². The molecule has 2 saturated heterocycles. The summed E-state index contributed by atoms with van der Waals surface area (Å²) < 4.78 is 5.56. The third-order valence-electron chi connectivity index (χ3n) is 6.60. The van der Waals surface area contributed by atoms with Gasteiger partial charge in [0.1, 0.15) is 23.6 Å². The van der Waals surface area contributed by atoms with Crippen molar-refractivity contribution in [2.75, 3.05) is 36.5 Å². The predicted octanol–water partition coefficient (Wildman–Crippen LogP) is 3.61.